The van der Waals surface area contributed by atoms with Crippen molar-refractivity contribution in [2.24, 2.45) is 4.99 Å². The summed E-state index contributed by atoms with van der Waals surface area (Å²) in [4.78, 5) is 27.8. The monoisotopic (exact) mass is 396 g/mol. The summed E-state index contributed by atoms with van der Waals surface area (Å²) in [5.41, 5.74) is 1.13. The fraction of sp³-hybridized carbons (Fsp3) is 0.476. The molecular weight excluding hydrogens is 368 g/mol. The number of piperazine rings is 1. The van der Waals surface area contributed by atoms with E-state index in [1.807, 2.05) is 11.1 Å². The van der Waals surface area contributed by atoms with E-state index in [-0.39, 0.29) is 5.91 Å². The number of hydrogen-bond donors (Lipinski definition) is 1. The molecule has 0 radical (unpaired) electrons. The average molecular weight is 396 g/mol. The van der Waals surface area contributed by atoms with E-state index >= 15 is 0 Å². The summed E-state index contributed by atoms with van der Waals surface area (Å²) in [6.45, 7) is 5.64. The van der Waals surface area contributed by atoms with Gasteiger partial charge in [0, 0.05) is 59.1 Å². The molecule has 8 nitrogen and oxygen atoms in total. The number of hydrogen-bond acceptors (Lipinski definition) is 5. The van der Waals surface area contributed by atoms with E-state index in [4.69, 9.17) is 4.42 Å². The number of aromatic nitrogens is 1. The fourth-order valence-corrected chi connectivity index (χ4v) is 3.85. The lowest BCUT2D eigenvalue weighted by molar-refractivity contribution is 0.0657. The van der Waals surface area contributed by atoms with E-state index in [0.29, 0.717) is 25.4 Å². The summed E-state index contributed by atoms with van der Waals surface area (Å²) in [6.07, 6.45) is 5.97. The van der Waals surface area contributed by atoms with E-state index in [1.54, 1.807) is 19.2 Å². The van der Waals surface area contributed by atoms with Crippen LogP contribution in [0.4, 0.5) is 5.82 Å². The van der Waals surface area contributed by atoms with Gasteiger partial charge in [-0.3, -0.25) is 9.79 Å². The third-order valence-electron chi connectivity index (χ3n) is 5.50. The SMILES string of the molecule is CN=C(NCc1ccc(N2CCCC2)nc1)N1CCN(C(=O)c2ccco2)CC1. The molecule has 4 heterocycles. The van der Waals surface area contributed by atoms with Crippen LogP contribution in [-0.2, 0) is 6.54 Å². The van der Waals surface area contributed by atoms with Crippen molar-refractivity contribution in [1.82, 2.24) is 20.1 Å². The maximum atomic E-state index is 12.4. The second-order valence-electron chi connectivity index (χ2n) is 7.38. The molecule has 2 aliphatic rings. The number of carbonyl (C=O) groups excluding carboxylic acids is 1. The van der Waals surface area contributed by atoms with E-state index < -0.39 is 0 Å². The molecule has 2 aromatic rings. The van der Waals surface area contributed by atoms with E-state index in [1.165, 1.54) is 19.1 Å². The van der Waals surface area contributed by atoms with Crippen LogP contribution in [0.3, 0.4) is 0 Å². The summed E-state index contributed by atoms with van der Waals surface area (Å²) in [5, 5.41) is 3.42. The van der Waals surface area contributed by atoms with Gasteiger partial charge in [-0.25, -0.2) is 4.98 Å². The lowest BCUT2D eigenvalue weighted by Gasteiger charge is -2.36. The van der Waals surface area contributed by atoms with Gasteiger partial charge in [-0.15, -0.1) is 0 Å². The van der Waals surface area contributed by atoms with Gasteiger partial charge < -0.3 is 24.4 Å². The minimum atomic E-state index is -0.0539. The Balaban J connectivity index is 1.27. The molecule has 0 saturated carbocycles. The Kier molecular flexibility index (Phi) is 5.97. The van der Waals surface area contributed by atoms with E-state index in [2.05, 4.69) is 37.2 Å². The smallest absolute Gasteiger partial charge is 0.289 e. The first kappa shape index (κ1) is 19.3. The Morgan fingerprint density at radius 3 is 2.48 bits per heavy atom. The third kappa shape index (κ3) is 4.52. The van der Waals surface area contributed by atoms with Crippen LogP contribution in [-0.4, -0.2) is 73.0 Å². The second kappa shape index (κ2) is 8.98. The second-order valence-corrected chi connectivity index (χ2v) is 7.38. The van der Waals surface area contributed by atoms with Crippen molar-refractivity contribution >= 4 is 17.7 Å². The van der Waals surface area contributed by atoms with Crippen molar-refractivity contribution in [3.8, 4) is 0 Å². The molecule has 2 fully saturated rings. The number of rotatable bonds is 4. The van der Waals surface area contributed by atoms with Crippen LogP contribution in [0, 0.1) is 0 Å². The molecule has 0 aromatic carbocycles. The van der Waals surface area contributed by atoms with Crippen LogP contribution in [0.5, 0.6) is 0 Å². The molecule has 0 spiro atoms. The first-order valence-electron chi connectivity index (χ1n) is 10.2. The van der Waals surface area contributed by atoms with Crippen LogP contribution in [0.1, 0.15) is 29.0 Å². The number of amides is 1. The largest absolute Gasteiger partial charge is 0.459 e. The van der Waals surface area contributed by atoms with Gasteiger partial charge in [0.1, 0.15) is 5.82 Å². The molecule has 2 aromatic heterocycles. The molecule has 154 valence electrons. The van der Waals surface area contributed by atoms with Crippen molar-refractivity contribution in [2.45, 2.75) is 19.4 Å². The standard InChI is InChI=1S/C21H28N6O2/c1-22-21(24-16-17-6-7-19(23-15-17)25-8-2-3-9-25)27-12-10-26(11-13-27)20(28)18-5-4-14-29-18/h4-7,14-15H,2-3,8-13,16H2,1H3,(H,22,24). The Morgan fingerprint density at radius 1 is 1.10 bits per heavy atom. The van der Waals surface area contributed by atoms with E-state index in [9.17, 15) is 4.79 Å². The highest BCUT2D eigenvalue weighted by atomic mass is 16.3. The number of nitrogens with zero attached hydrogens (tertiary/aromatic N) is 5. The van der Waals surface area contributed by atoms with Gasteiger partial charge in [0.2, 0.25) is 0 Å². The molecule has 1 amide bonds. The Hall–Kier alpha value is -3.03. The summed E-state index contributed by atoms with van der Waals surface area (Å²) >= 11 is 0. The predicted octanol–water partition coefficient (Wildman–Crippen LogP) is 1.81. The molecular formula is C21H28N6O2. The first-order valence-corrected chi connectivity index (χ1v) is 10.2. The zero-order valence-corrected chi connectivity index (χ0v) is 16.9. The molecule has 4 rings (SSSR count). The number of carbonyl (C=O) groups is 1. The van der Waals surface area contributed by atoms with Gasteiger partial charge in [-0.05, 0) is 36.6 Å². The number of furan rings is 1. The van der Waals surface area contributed by atoms with Gasteiger partial charge in [0.25, 0.3) is 5.91 Å². The molecule has 0 unspecified atom stereocenters. The lowest BCUT2D eigenvalue weighted by Crippen LogP contribution is -2.53. The Labute approximate surface area is 171 Å². The highest BCUT2D eigenvalue weighted by Crippen LogP contribution is 2.17. The molecule has 1 N–H and O–H groups in total. The van der Waals surface area contributed by atoms with Crippen LogP contribution < -0.4 is 10.2 Å². The molecule has 2 aliphatic heterocycles. The fourth-order valence-electron chi connectivity index (χ4n) is 3.85. The maximum Gasteiger partial charge on any atom is 0.289 e. The van der Waals surface area contributed by atoms with Crippen LogP contribution in [0.2, 0.25) is 0 Å². The Morgan fingerprint density at radius 2 is 1.86 bits per heavy atom. The van der Waals surface area contributed by atoms with Gasteiger partial charge in [-0.2, -0.15) is 0 Å². The first-order chi connectivity index (χ1) is 14.2. The van der Waals surface area contributed by atoms with Crippen LogP contribution >= 0.6 is 0 Å². The number of nitrogens with one attached hydrogen (secondary N) is 1. The predicted molar refractivity (Wildman–Crippen MR) is 112 cm³/mol. The van der Waals surface area contributed by atoms with Gasteiger partial charge in [0.05, 0.1) is 6.26 Å². The maximum absolute atomic E-state index is 12.4. The summed E-state index contributed by atoms with van der Waals surface area (Å²) in [5.74, 6) is 2.25. The highest BCUT2D eigenvalue weighted by Gasteiger charge is 2.25. The highest BCUT2D eigenvalue weighted by molar-refractivity contribution is 5.91. The summed E-state index contributed by atoms with van der Waals surface area (Å²) in [7, 11) is 1.79. The topological polar surface area (TPSA) is 77.2 Å². The molecule has 8 heteroatoms. The summed E-state index contributed by atoms with van der Waals surface area (Å²) in [6, 6.07) is 7.67. The molecule has 2 saturated heterocycles. The quantitative estimate of drug-likeness (QED) is 0.627. The summed E-state index contributed by atoms with van der Waals surface area (Å²) < 4.78 is 5.22. The van der Waals surface area contributed by atoms with Gasteiger partial charge >= 0.3 is 0 Å². The number of pyridine rings is 1. The van der Waals surface area contributed by atoms with Crippen molar-refractivity contribution in [3.05, 3.63) is 48.0 Å². The number of guanidine groups is 1. The van der Waals surface area contributed by atoms with Crippen molar-refractivity contribution < 1.29 is 9.21 Å². The Bertz CT molecular complexity index is 819. The zero-order valence-electron chi connectivity index (χ0n) is 16.9. The molecule has 0 atom stereocenters. The van der Waals surface area contributed by atoms with Crippen molar-refractivity contribution in [3.63, 3.8) is 0 Å². The molecule has 29 heavy (non-hydrogen) atoms. The average Bonchev–Trinajstić information content (AvgIpc) is 3.49. The third-order valence-corrected chi connectivity index (χ3v) is 5.50. The van der Waals surface area contributed by atoms with Gasteiger partial charge in [0.15, 0.2) is 11.7 Å². The van der Waals surface area contributed by atoms with Gasteiger partial charge in [-0.1, -0.05) is 6.07 Å². The normalized spacial score (nSPS) is 17.7. The molecule has 0 bridgehead atoms. The zero-order chi connectivity index (χ0) is 20.1. The lowest BCUT2D eigenvalue weighted by atomic mass is 10.2. The minimum Gasteiger partial charge on any atom is -0.459 e. The molecule has 0 aliphatic carbocycles. The number of anilines is 1. The minimum absolute atomic E-state index is 0.0539. The van der Waals surface area contributed by atoms with Crippen LogP contribution in [0.25, 0.3) is 0 Å². The van der Waals surface area contributed by atoms with E-state index in [0.717, 1.165) is 43.5 Å². The van der Waals surface area contributed by atoms with Crippen molar-refractivity contribution in [1.29, 1.82) is 0 Å². The van der Waals surface area contributed by atoms with Crippen LogP contribution in [0.15, 0.2) is 46.1 Å². The number of aliphatic imine (C=N–C) groups is 1. The van der Waals surface area contributed by atoms with Crippen molar-refractivity contribution in [2.75, 3.05) is 51.2 Å².